The maximum atomic E-state index is 12.9. The van der Waals surface area contributed by atoms with Crippen LogP contribution in [0.4, 0.5) is 0 Å². The van der Waals surface area contributed by atoms with Gasteiger partial charge in [-0.2, -0.15) is 0 Å². The van der Waals surface area contributed by atoms with E-state index < -0.39 is 5.54 Å². The summed E-state index contributed by atoms with van der Waals surface area (Å²) < 4.78 is 1.98. The minimum absolute atomic E-state index is 0.237. The van der Waals surface area contributed by atoms with Crippen molar-refractivity contribution in [3.8, 4) is 0 Å². The molecule has 0 fully saturated rings. The summed E-state index contributed by atoms with van der Waals surface area (Å²) in [6.45, 7) is 3.40. The summed E-state index contributed by atoms with van der Waals surface area (Å²) in [6.07, 6.45) is 5.19. The van der Waals surface area contributed by atoms with E-state index in [0.717, 1.165) is 33.4 Å². The number of para-hydroxylation sites is 2. The van der Waals surface area contributed by atoms with Crippen LogP contribution in [0.3, 0.4) is 0 Å². The van der Waals surface area contributed by atoms with E-state index in [-0.39, 0.29) is 11.9 Å². The zero-order valence-corrected chi connectivity index (χ0v) is 19.6. The molecule has 174 valence electrons. The molecule has 5 rings (SSSR count). The molecule has 0 spiro atoms. The van der Waals surface area contributed by atoms with Crippen molar-refractivity contribution in [2.24, 2.45) is 12.8 Å². The Balaban J connectivity index is 1.48. The molecule has 34 heavy (non-hydrogen) atoms. The Labute approximate surface area is 197 Å². The molecule has 0 bridgehead atoms. The molecule has 3 aromatic heterocycles. The number of carbonyl (C=O) groups excluding carboxylic acids is 1. The summed E-state index contributed by atoms with van der Waals surface area (Å²) in [4.78, 5) is 19.5. The lowest BCUT2D eigenvalue weighted by Crippen LogP contribution is -2.50. The second-order valence-electron chi connectivity index (χ2n) is 9.38. The molecule has 0 saturated heterocycles. The number of aromatic amines is 2. The number of rotatable bonds is 7. The Kier molecular flexibility index (Phi) is 5.45. The third kappa shape index (κ3) is 4.08. The Morgan fingerprint density at radius 1 is 1.00 bits per heavy atom. The van der Waals surface area contributed by atoms with Gasteiger partial charge < -0.3 is 25.6 Å². The number of aromatic nitrogens is 5. The second-order valence-corrected chi connectivity index (χ2v) is 9.38. The van der Waals surface area contributed by atoms with Gasteiger partial charge in [-0.25, -0.2) is 0 Å². The van der Waals surface area contributed by atoms with Gasteiger partial charge in [-0.1, -0.05) is 36.4 Å². The number of amides is 1. The molecule has 2 aromatic carbocycles. The first-order chi connectivity index (χ1) is 16.3. The molecule has 0 aliphatic heterocycles. The zero-order valence-electron chi connectivity index (χ0n) is 19.6. The van der Waals surface area contributed by atoms with Crippen molar-refractivity contribution < 1.29 is 4.79 Å². The molecule has 1 atom stereocenters. The Morgan fingerprint density at radius 3 is 2.24 bits per heavy atom. The predicted octanol–water partition coefficient (Wildman–Crippen LogP) is 3.51. The smallest absolute Gasteiger partial charge is 0.240 e. The quantitative estimate of drug-likeness (QED) is 0.300. The fourth-order valence-electron chi connectivity index (χ4n) is 4.35. The number of H-pyrrole nitrogens is 2. The molecule has 1 amide bonds. The SMILES string of the molecule is Cn1c(Cc2c[nH]c3ccccc23)nnc1[C@@H](Cc1c[nH]c2ccccc12)NC(=O)C(C)(C)N. The first kappa shape index (κ1) is 21.9. The van der Waals surface area contributed by atoms with Gasteiger partial charge in [0.05, 0.1) is 11.6 Å². The molecular weight excluding hydrogens is 426 g/mol. The average Bonchev–Trinajstić information content (AvgIpc) is 3.51. The first-order valence-electron chi connectivity index (χ1n) is 11.4. The highest BCUT2D eigenvalue weighted by Crippen LogP contribution is 2.26. The summed E-state index contributed by atoms with van der Waals surface area (Å²) in [5.41, 5.74) is 9.47. The molecular formula is C26H29N7O. The highest BCUT2D eigenvalue weighted by Gasteiger charge is 2.29. The number of carbonyl (C=O) groups is 1. The van der Waals surface area contributed by atoms with Gasteiger partial charge in [-0.3, -0.25) is 4.79 Å². The van der Waals surface area contributed by atoms with Crippen LogP contribution in [-0.2, 0) is 24.7 Å². The Bertz CT molecular complexity index is 1470. The topological polar surface area (TPSA) is 117 Å². The normalized spacial score (nSPS) is 12.9. The minimum atomic E-state index is -1.01. The molecule has 3 heterocycles. The lowest BCUT2D eigenvalue weighted by Gasteiger charge is -2.24. The van der Waals surface area contributed by atoms with E-state index in [9.17, 15) is 4.79 Å². The van der Waals surface area contributed by atoms with Gasteiger partial charge >= 0.3 is 0 Å². The number of nitrogens with one attached hydrogen (secondary N) is 3. The molecule has 8 heteroatoms. The fraction of sp³-hybridized carbons (Fsp3) is 0.269. The molecule has 5 N–H and O–H groups in total. The second kappa shape index (κ2) is 8.46. The van der Waals surface area contributed by atoms with Gasteiger partial charge in [0.1, 0.15) is 5.82 Å². The molecule has 5 aromatic rings. The fourth-order valence-corrected chi connectivity index (χ4v) is 4.35. The maximum Gasteiger partial charge on any atom is 0.240 e. The van der Waals surface area contributed by atoms with Crippen molar-refractivity contribution in [3.05, 3.63) is 83.7 Å². The number of hydrogen-bond acceptors (Lipinski definition) is 4. The largest absolute Gasteiger partial charge is 0.361 e. The van der Waals surface area contributed by atoms with E-state index >= 15 is 0 Å². The zero-order chi connectivity index (χ0) is 23.9. The number of nitrogens with zero attached hydrogens (tertiary/aromatic N) is 3. The molecule has 0 aliphatic carbocycles. The molecule has 0 saturated carbocycles. The van der Waals surface area contributed by atoms with Crippen LogP contribution in [0.25, 0.3) is 21.8 Å². The molecule has 0 aliphatic rings. The van der Waals surface area contributed by atoms with Gasteiger partial charge in [0.15, 0.2) is 5.82 Å². The van der Waals surface area contributed by atoms with Crippen LogP contribution in [0.5, 0.6) is 0 Å². The monoisotopic (exact) mass is 455 g/mol. The highest BCUT2D eigenvalue weighted by molar-refractivity contribution is 5.86. The highest BCUT2D eigenvalue weighted by atomic mass is 16.2. The van der Waals surface area contributed by atoms with E-state index in [4.69, 9.17) is 5.73 Å². The lowest BCUT2D eigenvalue weighted by atomic mass is 10.0. The van der Waals surface area contributed by atoms with Gasteiger partial charge in [0, 0.05) is 54.1 Å². The van der Waals surface area contributed by atoms with Gasteiger partial charge in [0.2, 0.25) is 5.91 Å². The third-order valence-electron chi connectivity index (χ3n) is 6.32. The molecule has 0 unspecified atom stereocenters. The summed E-state index contributed by atoms with van der Waals surface area (Å²) in [6, 6.07) is 15.9. The average molecular weight is 456 g/mol. The number of hydrogen-bond donors (Lipinski definition) is 4. The molecule has 8 nitrogen and oxygen atoms in total. The summed E-state index contributed by atoms with van der Waals surface area (Å²) >= 11 is 0. The third-order valence-corrected chi connectivity index (χ3v) is 6.32. The van der Waals surface area contributed by atoms with Crippen LogP contribution < -0.4 is 11.1 Å². The standard InChI is InChI=1S/C26H29N7O/c1-26(2,27)25(34)30-22(12-16-14-28-20-10-6-4-8-18(16)20)24-32-31-23(33(24)3)13-17-15-29-21-11-7-5-9-19(17)21/h4-11,14-15,22,28-29H,12-13,27H2,1-3H3,(H,30,34)/t22-/m1/s1. The predicted molar refractivity (Wildman–Crippen MR) is 133 cm³/mol. The summed E-state index contributed by atoms with van der Waals surface area (Å²) in [5, 5.41) is 14.4. The van der Waals surface area contributed by atoms with Crippen LogP contribution in [0.1, 0.15) is 42.7 Å². The lowest BCUT2D eigenvalue weighted by molar-refractivity contribution is -0.126. The van der Waals surface area contributed by atoms with E-state index in [0.29, 0.717) is 18.7 Å². The van der Waals surface area contributed by atoms with Crippen molar-refractivity contribution in [3.63, 3.8) is 0 Å². The van der Waals surface area contributed by atoms with E-state index in [1.807, 2.05) is 54.3 Å². The van der Waals surface area contributed by atoms with Crippen molar-refractivity contribution in [2.75, 3.05) is 0 Å². The van der Waals surface area contributed by atoms with Crippen LogP contribution in [0.15, 0.2) is 60.9 Å². The van der Waals surface area contributed by atoms with Gasteiger partial charge in [-0.05, 0) is 37.1 Å². The first-order valence-corrected chi connectivity index (χ1v) is 11.4. The molecule has 0 radical (unpaired) electrons. The van der Waals surface area contributed by atoms with Crippen molar-refractivity contribution >= 4 is 27.7 Å². The summed E-state index contributed by atoms with van der Waals surface area (Å²) in [7, 11) is 1.95. The van der Waals surface area contributed by atoms with E-state index in [2.05, 4.69) is 43.7 Å². The minimum Gasteiger partial charge on any atom is -0.361 e. The summed E-state index contributed by atoms with van der Waals surface area (Å²) in [5.74, 6) is 1.28. The number of benzene rings is 2. The number of nitrogens with two attached hydrogens (primary N) is 1. The van der Waals surface area contributed by atoms with Crippen molar-refractivity contribution in [1.82, 2.24) is 30.0 Å². The van der Waals surface area contributed by atoms with Crippen LogP contribution >= 0.6 is 0 Å². The van der Waals surface area contributed by atoms with Crippen molar-refractivity contribution in [1.29, 1.82) is 0 Å². The Morgan fingerprint density at radius 2 is 1.59 bits per heavy atom. The maximum absolute atomic E-state index is 12.9. The van der Waals surface area contributed by atoms with Crippen LogP contribution in [0.2, 0.25) is 0 Å². The Hall–Kier alpha value is -3.91. The van der Waals surface area contributed by atoms with Gasteiger partial charge in [0.25, 0.3) is 0 Å². The van der Waals surface area contributed by atoms with Gasteiger partial charge in [-0.15, -0.1) is 10.2 Å². The van der Waals surface area contributed by atoms with Crippen LogP contribution in [-0.4, -0.2) is 36.2 Å². The van der Waals surface area contributed by atoms with Crippen molar-refractivity contribution in [2.45, 2.75) is 38.3 Å². The van der Waals surface area contributed by atoms with E-state index in [1.165, 1.54) is 5.39 Å². The van der Waals surface area contributed by atoms with E-state index in [1.54, 1.807) is 13.8 Å². The van der Waals surface area contributed by atoms with Crippen LogP contribution in [0, 0.1) is 0 Å². The number of fused-ring (bicyclic) bond motifs is 2.